The largest absolute Gasteiger partial charge is 0.481 e. The van der Waals surface area contributed by atoms with Crippen molar-refractivity contribution < 1.29 is 14.7 Å². The number of rotatable bonds is 2. The second-order valence-corrected chi connectivity index (χ2v) is 6.33. The number of likely N-dealkylation sites (tertiary alicyclic amines) is 1. The molecule has 1 heterocycles. The number of nitrogens with zero attached hydrogens (tertiary/aromatic N) is 1. The van der Waals surface area contributed by atoms with Gasteiger partial charge in [0.15, 0.2) is 0 Å². The molecule has 1 aliphatic carbocycles. The van der Waals surface area contributed by atoms with Gasteiger partial charge < -0.3 is 15.3 Å². The van der Waals surface area contributed by atoms with Crippen LogP contribution in [0.25, 0.3) is 0 Å². The van der Waals surface area contributed by atoms with Crippen LogP contribution in [0.5, 0.6) is 0 Å². The molecule has 0 aromatic carbocycles. The van der Waals surface area contributed by atoms with Gasteiger partial charge in [0.2, 0.25) is 0 Å². The Morgan fingerprint density at radius 2 is 1.85 bits per heavy atom. The van der Waals surface area contributed by atoms with Crippen molar-refractivity contribution >= 4 is 12.0 Å². The van der Waals surface area contributed by atoms with Gasteiger partial charge in [-0.05, 0) is 31.6 Å². The Hall–Kier alpha value is -1.26. The van der Waals surface area contributed by atoms with Crippen LogP contribution in [0, 0.1) is 11.8 Å². The minimum Gasteiger partial charge on any atom is -0.481 e. The van der Waals surface area contributed by atoms with Crippen LogP contribution in [0.2, 0.25) is 0 Å². The van der Waals surface area contributed by atoms with Crippen molar-refractivity contribution in [2.45, 2.75) is 57.9 Å². The van der Waals surface area contributed by atoms with Gasteiger partial charge in [0.05, 0.1) is 5.92 Å². The second kappa shape index (κ2) is 6.95. The van der Waals surface area contributed by atoms with Crippen molar-refractivity contribution in [3.63, 3.8) is 0 Å². The van der Waals surface area contributed by atoms with Crippen molar-refractivity contribution in [3.8, 4) is 0 Å². The maximum atomic E-state index is 12.3. The lowest BCUT2D eigenvalue weighted by atomic mass is 9.95. The zero-order chi connectivity index (χ0) is 14.5. The number of carbonyl (C=O) groups excluding carboxylic acids is 1. The first-order valence-corrected chi connectivity index (χ1v) is 7.86. The van der Waals surface area contributed by atoms with Crippen LogP contribution in [0.4, 0.5) is 4.79 Å². The highest BCUT2D eigenvalue weighted by molar-refractivity contribution is 5.77. The summed E-state index contributed by atoms with van der Waals surface area (Å²) in [6, 6.07) is -0.283. The Morgan fingerprint density at radius 3 is 2.55 bits per heavy atom. The van der Waals surface area contributed by atoms with E-state index in [1.165, 1.54) is 6.42 Å². The van der Waals surface area contributed by atoms with Gasteiger partial charge in [-0.25, -0.2) is 4.79 Å². The topological polar surface area (TPSA) is 69.6 Å². The quantitative estimate of drug-likeness (QED) is 0.764. The van der Waals surface area contributed by atoms with Gasteiger partial charge in [-0.3, -0.25) is 4.79 Å². The van der Waals surface area contributed by atoms with E-state index in [2.05, 4.69) is 12.2 Å². The lowest BCUT2D eigenvalue weighted by molar-refractivity contribution is -0.142. The van der Waals surface area contributed by atoms with E-state index in [4.69, 9.17) is 0 Å². The van der Waals surface area contributed by atoms with Crippen LogP contribution in [-0.4, -0.2) is 41.1 Å². The highest BCUT2D eigenvalue weighted by atomic mass is 16.4. The number of aliphatic carboxylic acids is 1. The van der Waals surface area contributed by atoms with Gasteiger partial charge in [-0.15, -0.1) is 0 Å². The Bertz CT molecular complexity index is 359. The highest BCUT2D eigenvalue weighted by Crippen LogP contribution is 2.24. The van der Waals surface area contributed by atoms with Gasteiger partial charge in [-0.2, -0.15) is 0 Å². The van der Waals surface area contributed by atoms with E-state index < -0.39 is 11.9 Å². The molecule has 3 atom stereocenters. The van der Waals surface area contributed by atoms with Crippen molar-refractivity contribution in [3.05, 3.63) is 0 Å². The molecule has 20 heavy (non-hydrogen) atoms. The molecule has 1 aliphatic heterocycles. The van der Waals surface area contributed by atoms with Crippen LogP contribution in [0.3, 0.4) is 0 Å². The number of urea groups is 1. The van der Waals surface area contributed by atoms with Crippen LogP contribution in [0.15, 0.2) is 0 Å². The third-order valence-corrected chi connectivity index (χ3v) is 4.59. The van der Waals surface area contributed by atoms with Gasteiger partial charge in [0, 0.05) is 19.1 Å². The standard InChI is InChI=1S/C15H26N2O3/c1-11-6-5-9-17(10-11)15(20)16-13-8-4-2-3-7-12(13)14(18)19/h11-13H,2-10H2,1H3,(H,16,20)(H,18,19). The van der Waals surface area contributed by atoms with E-state index in [0.29, 0.717) is 12.3 Å². The predicted octanol–water partition coefficient (Wildman–Crippen LogP) is 2.46. The molecule has 2 fully saturated rings. The highest BCUT2D eigenvalue weighted by Gasteiger charge is 2.32. The lowest BCUT2D eigenvalue weighted by Gasteiger charge is -2.33. The number of carbonyl (C=O) groups is 2. The summed E-state index contributed by atoms with van der Waals surface area (Å²) in [6.45, 7) is 3.74. The maximum absolute atomic E-state index is 12.3. The van der Waals surface area contributed by atoms with Crippen LogP contribution in [0.1, 0.15) is 51.9 Å². The molecule has 114 valence electrons. The van der Waals surface area contributed by atoms with Crippen LogP contribution < -0.4 is 5.32 Å². The predicted molar refractivity (Wildman–Crippen MR) is 76.5 cm³/mol. The fourth-order valence-electron chi connectivity index (χ4n) is 3.40. The molecular formula is C15H26N2O3. The summed E-state index contributed by atoms with van der Waals surface area (Å²) in [4.78, 5) is 25.5. The second-order valence-electron chi connectivity index (χ2n) is 6.33. The summed E-state index contributed by atoms with van der Waals surface area (Å²) in [5.41, 5.74) is 0. The number of hydrogen-bond donors (Lipinski definition) is 2. The molecule has 1 saturated heterocycles. The third kappa shape index (κ3) is 3.87. The molecule has 5 heteroatoms. The SMILES string of the molecule is CC1CCCN(C(=O)NC2CCCCCC2C(=O)O)C1. The van der Waals surface area contributed by atoms with Gasteiger partial charge in [0.1, 0.15) is 0 Å². The molecule has 3 unspecified atom stereocenters. The molecule has 2 amide bonds. The minimum atomic E-state index is -0.774. The van der Waals surface area contributed by atoms with Crippen molar-refractivity contribution in [1.29, 1.82) is 0 Å². The van der Waals surface area contributed by atoms with E-state index in [0.717, 1.165) is 45.2 Å². The first-order valence-electron chi connectivity index (χ1n) is 7.86. The summed E-state index contributed by atoms with van der Waals surface area (Å²) in [6.07, 6.45) is 6.70. The fourth-order valence-corrected chi connectivity index (χ4v) is 3.40. The molecule has 2 N–H and O–H groups in total. The number of nitrogens with one attached hydrogen (secondary N) is 1. The molecule has 2 rings (SSSR count). The molecule has 0 bridgehead atoms. The molecule has 0 aromatic heterocycles. The monoisotopic (exact) mass is 282 g/mol. The molecule has 0 aromatic rings. The first kappa shape index (κ1) is 15.1. The van der Waals surface area contributed by atoms with Crippen LogP contribution >= 0.6 is 0 Å². The Kier molecular flexibility index (Phi) is 5.26. The maximum Gasteiger partial charge on any atom is 0.317 e. The first-order chi connectivity index (χ1) is 9.58. The van der Waals surface area contributed by atoms with E-state index >= 15 is 0 Å². The van der Waals surface area contributed by atoms with Gasteiger partial charge in [0.25, 0.3) is 0 Å². The zero-order valence-corrected chi connectivity index (χ0v) is 12.3. The smallest absolute Gasteiger partial charge is 0.317 e. The number of amides is 2. The summed E-state index contributed by atoms with van der Waals surface area (Å²) in [7, 11) is 0. The van der Waals surface area contributed by atoms with Crippen molar-refractivity contribution in [2.24, 2.45) is 11.8 Å². The molecule has 0 spiro atoms. The number of carboxylic acid groups (broad SMARTS) is 1. The number of carboxylic acids is 1. The summed E-state index contributed by atoms with van der Waals surface area (Å²) in [5, 5.41) is 12.3. The average molecular weight is 282 g/mol. The van der Waals surface area contributed by atoms with Crippen molar-refractivity contribution in [1.82, 2.24) is 10.2 Å². The Morgan fingerprint density at radius 1 is 1.10 bits per heavy atom. The summed E-state index contributed by atoms with van der Waals surface area (Å²) in [5.74, 6) is -0.660. The van der Waals surface area contributed by atoms with Crippen molar-refractivity contribution in [2.75, 3.05) is 13.1 Å². The third-order valence-electron chi connectivity index (χ3n) is 4.59. The molecule has 5 nitrogen and oxygen atoms in total. The van der Waals surface area contributed by atoms with E-state index in [9.17, 15) is 14.7 Å². The summed E-state index contributed by atoms with van der Waals surface area (Å²) < 4.78 is 0. The number of piperidine rings is 1. The molecule has 1 saturated carbocycles. The normalized spacial score (nSPS) is 31.4. The molecule has 2 aliphatic rings. The van der Waals surface area contributed by atoms with E-state index in [1.807, 2.05) is 4.90 Å². The average Bonchev–Trinajstić information content (AvgIpc) is 2.64. The van der Waals surface area contributed by atoms with E-state index in [1.54, 1.807) is 0 Å². The lowest BCUT2D eigenvalue weighted by Crippen LogP contribution is -2.51. The molecule has 0 radical (unpaired) electrons. The Labute approximate surface area is 120 Å². The summed E-state index contributed by atoms with van der Waals surface area (Å²) >= 11 is 0. The number of hydrogen-bond acceptors (Lipinski definition) is 2. The van der Waals surface area contributed by atoms with E-state index in [-0.39, 0.29) is 12.1 Å². The van der Waals surface area contributed by atoms with Gasteiger partial charge >= 0.3 is 12.0 Å². The van der Waals surface area contributed by atoms with Crippen LogP contribution in [-0.2, 0) is 4.79 Å². The fraction of sp³-hybridized carbons (Fsp3) is 0.867. The zero-order valence-electron chi connectivity index (χ0n) is 12.3. The minimum absolute atomic E-state index is 0.0744. The Balaban J connectivity index is 1.94. The molecular weight excluding hydrogens is 256 g/mol. The van der Waals surface area contributed by atoms with Gasteiger partial charge in [-0.1, -0.05) is 26.2 Å².